The summed E-state index contributed by atoms with van der Waals surface area (Å²) in [5.41, 5.74) is 3.73. The second-order valence-corrected chi connectivity index (χ2v) is 6.95. The van der Waals surface area contributed by atoms with Crippen molar-refractivity contribution in [1.82, 2.24) is 10.3 Å². The second kappa shape index (κ2) is 8.82. The molecular weight excluding hydrogens is 348 g/mol. The number of carbonyl (C=O) groups excluding carboxylic acids is 1. The molecule has 0 spiro atoms. The highest BCUT2D eigenvalue weighted by Gasteiger charge is 2.20. The Labute approximate surface area is 157 Å². The van der Waals surface area contributed by atoms with Crippen LogP contribution in [0.5, 0.6) is 0 Å². The summed E-state index contributed by atoms with van der Waals surface area (Å²) in [7, 11) is 1.61. The van der Waals surface area contributed by atoms with Crippen LogP contribution in [-0.4, -0.2) is 42.1 Å². The lowest BCUT2D eigenvalue weighted by Gasteiger charge is -2.11. The average molecular weight is 370 g/mol. The Hall–Kier alpha value is -2.38. The van der Waals surface area contributed by atoms with E-state index >= 15 is 0 Å². The van der Waals surface area contributed by atoms with Crippen LogP contribution in [-0.2, 0) is 4.74 Å². The maximum absolute atomic E-state index is 12.2. The minimum atomic E-state index is -0.110. The normalized spacial score (nSPS) is 16.2. The minimum Gasteiger partial charge on any atom is -0.383 e. The number of methoxy groups -OCH3 is 1. The molecule has 136 valence electrons. The molecule has 2 heterocycles. The number of ether oxygens (including phenoxy) is 1. The molecule has 1 atom stereocenters. The number of carbonyl (C=O) groups is 1. The predicted octanol–water partition coefficient (Wildman–Crippen LogP) is 3.02. The van der Waals surface area contributed by atoms with Gasteiger partial charge in [0.1, 0.15) is 0 Å². The van der Waals surface area contributed by atoms with Crippen LogP contribution in [0.1, 0.15) is 27.5 Å². The smallest absolute Gasteiger partial charge is 0.251 e. The maximum Gasteiger partial charge on any atom is 0.251 e. The number of aryl methyl sites for hydroxylation is 1. The number of nitrogens with zero attached hydrogens (tertiary/aromatic N) is 2. The lowest BCUT2D eigenvalue weighted by molar-refractivity contribution is 0.0937. The van der Waals surface area contributed by atoms with E-state index in [4.69, 9.17) is 9.73 Å². The zero-order valence-electron chi connectivity index (χ0n) is 14.9. The van der Waals surface area contributed by atoms with E-state index in [1.165, 1.54) is 0 Å². The summed E-state index contributed by atoms with van der Waals surface area (Å²) < 4.78 is 4.96. The van der Waals surface area contributed by atoms with Crippen molar-refractivity contribution in [3.8, 4) is 0 Å². The molecule has 0 saturated heterocycles. The molecule has 0 saturated carbocycles. The van der Waals surface area contributed by atoms with E-state index in [1.807, 2.05) is 37.3 Å². The first kappa shape index (κ1) is 18.4. The van der Waals surface area contributed by atoms with Crippen LogP contribution < -0.4 is 10.6 Å². The van der Waals surface area contributed by atoms with Crippen LogP contribution in [0.25, 0.3) is 0 Å². The van der Waals surface area contributed by atoms with Gasteiger partial charge in [-0.05, 0) is 42.3 Å². The van der Waals surface area contributed by atoms with Gasteiger partial charge in [0.15, 0.2) is 5.17 Å². The van der Waals surface area contributed by atoms with E-state index < -0.39 is 0 Å². The molecular formula is C19H22N4O2S. The Bertz CT molecular complexity index is 795. The van der Waals surface area contributed by atoms with Crippen LogP contribution in [0.2, 0.25) is 0 Å². The molecule has 1 aromatic heterocycles. The first-order chi connectivity index (χ1) is 12.7. The van der Waals surface area contributed by atoms with Crippen molar-refractivity contribution in [2.24, 2.45) is 4.99 Å². The van der Waals surface area contributed by atoms with Gasteiger partial charge >= 0.3 is 0 Å². The molecule has 26 heavy (non-hydrogen) atoms. The fraction of sp³-hybridized carbons (Fsp3) is 0.316. The first-order valence-corrected chi connectivity index (χ1v) is 9.41. The monoisotopic (exact) mass is 370 g/mol. The summed E-state index contributed by atoms with van der Waals surface area (Å²) in [6.07, 6.45) is 3.58. The fourth-order valence-corrected chi connectivity index (χ4v) is 3.55. The molecule has 2 aromatic rings. The van der Waals surface area contributed by atoms with Gasteiger partial charge < -0.3 is 15.4 Å². The Morgan fingerprint density at radius 1 is 1.31 bits per heavy atom. The maximum atomic E-state index is 12.2. The van der Waals surface area contributed by atoms with E-state index in [2.05, 4.69) is 15.6 Å². The Morgan fingerprint density at radius 3 is 2.88 bits per heavy atom. The fourth-order valence-electron chi connectivity index (χ4n) is 2.58. The molecule has 1 aromatic carbocycles. The number of amidine groups is 1. The van der Waals surface area contributed by atoms with Gasteiger partial charge in [0.2, 0.25) is 0 Å². The Kier molecular flexibility index (Phi) is 6.25. The van der Waals surface area contributed by atoms with Crippen LogP contribution in [0.4, 0.5) is 5.69 Å². The summed E-state index contributed by atoms with van der Waals surface area (Å²) in [5, 5.41) is 7.07. The summed E-state index contributed by atoms with van der Waals surface area (Å²) in [4.78, 5) is 21.0. The number of pyridine rings is 1. The molecule has 2 N–H and O–H groups in total. The highest BCUT2D eigenvalue weighted by Crippen LogP contribution is 2.31. The molecule has 6 nitrogen and oxygen atoms in total. The summed E-state index contributed by atoms with van der Waals surface area (Å²) in [6.45, 7) is 2.99. The zero-order chi connectivity index (χ0) is 18.4. The molecule has 1 aliphatic rings. The topological polar surface area (TPSA) is 75.6 Å². The van der Waals surface area contributed by atoms with Gasteiger partial charge in [-0.25, -0.2) is 0 Å². The number of aliphatic imine (C=N–C) groups is 1. The van der Waals surface area contributed by atoms with E-state index in [-0.39, 0.29) is 11.9 Å². The van der Waals surface area contributed by atoms with Crippen molar-refractivity contribution < 1.29 is 9.53 Å². The summed E-state index contributed by atoms with van der Waals surface area (Å²) >= 11 is 1.68. The zero-order valence-corrected chi connectivity index (χ0v) is 15.7. The Morgan fingerprint density at radius 2 is 2.12 bits per heavy atom. The number of thioether (sulfide) groups is 1. The van der Waals surface area contributed by atoms with Gasteiger partial charge in [-0.2, -0.15) is 0 Å². The van der Waals surface area contributed by atoms with E-state index in [0.29, 0.717) is 18.7 Å². The number of hydrogen-bond acceptors (Lipinski definition) is 6. The summed E-state index contributed by atoms with van der Waals surface area (Å²) in [6, 6.07) is 9.74. The van der Waals surface area contributed by atoms with Crippen molar-refractivity contribution >= 4 is 28.5 Å². The van der Waals surface area contributed by atoms with Crippen LogP contribution in [0, 0.1) is 6.92 Å². The third kappa shape index (κ3) is 4.62. The third-order valence-electron chi connectivity index (χ3n) is 4.07. The van der Waals surface area contributed by atoms with E-state index in [0.717, 1.165) is 27.7 Å². The number of anilines is 1. The standard InChI is InChI=1S/C19H22N4O2S/c1-13-3-4-15(18(24)21-9-10-25-2)11-16(13)22-19-23-17(12-26-19)14-5-7-20-8-6-14/h3-8,11,17H,9-10,12H2,1-2H3,(H,21,24)(H,22,23). The molecule has 7 heteroatoms. The molecule has 3 rings (SSSR count). The Balaban J connectivity index is 1.69. The van der Waals surface area contributed by atoms with Gasteiger partial charge in [0.05, 0.1) is 12.6 Å². The lowest BCUT2D eigenvalue weighted by atomic mass is 10.1. The first-order valence-electron chi connectivity index (χ1n) is 8.42. The van der Waals surface area contributed by atoms with Gasteiger partial charge in [0, 0.05) is 43.1 Å². The number of hydrogen-bond donors (Lipinski definition) is 2. The van der Waals surface area contributed by atoms with Crippen molar-refractivity contribution in [1.29, 1.82) is 0 Å². The molecule has 1 aliphatic heterocycles. The number of rotatable bonds is 6. The lowest BCUT2D eigenvalue weighted by Crippen LogP contribution is -2.27. The van der Waals surface area contributed by atoms with Crippen LogP contribution in [0.15, 0.2) is 47.7 Å². The summed E-state index contributed by atoms with van der Waals surface area (Å²) in [5.74, 6) is 0.781. The third-order valence-corrected chi connectivity index (χ3v) is 5.04. The number of benzene rings is 1. The molecule has 0 aliphatic carbocycles. The van der Waals surface area contributed by atoms with E-state index in [1.54, 1.807) is 31.3 Å². The van der Waals surface area contributed by atoms with Crippen LogP contribution in [0.3, 0.4) is 0 Å². The minimum absolute atomic E-state index is 0.110. The molecule has 1 amide bonds. The van der Waals surface area contributed by atoms with Gasteiger partial charge in [-0.3, -0.25) is 14.8 Å². The van der Waals surface area contributed by atoms with Crippen molar-refractivity contribution in [2.45, 2.75) is 13.0 Å². The number of aromatic nitrogens is 1. The number of nitrogens with one attached hydrogen (secondary N) is 2. The SMILES string of the molecule is COCCNC(=O)c1ccc(C)c(NC2=NC(c3ccncc3)CS2)c1. The van der Waals surface area contributed by atoms with Gasteiger partial charge in [0.25, 0.3) is 5.91 Å². The van der Waals surface area contributed by atoms with Gasteiger partial charge in [-0.1, -0.05) is 17.8 Å². The quantitative estimate of drug-likeness (QED) is 0.765. The molecule has 0 fully saturated rings. The number of amides is 1. The predicted molar refractivity (Wildman–Crippen MR) is 106 cm³/mol. The molecule has 1 unspecified atom stereocenters. The largest absolute Gasteiger partial charge is 0.383 e. The van der Waals surface area contributed by atoms with Gasteiger partial charge in [-0.15, -0.1) is 0 Å². The highest BCUT2D eigenvalue weighted by atomic mass is 32.2. The molecule has 0 radical (unpaired) electrons. The highest BCUT2D eigenvalue weighted by molar-refractivity contribution is 8.14. The van der Waals surface area contributed by atoms with E-state index in [9.17, 15) is 4.79 Å². The van der Waals surface area contributed by atoms with Crippen molar-refractivity contribution in [3.63, 3.8) is 0 Å². The van der Waals surface area contributed by atoms with Crippen LogP contribution >= 0.6 is 11.8 Å². The second-order valence-electron chi connectivity index (χ2n) is 5.95. The van der Waals surface area contributed by atoms with Crippen molar-refractivity contribution in [2.75, 3.05) is 31.3 Å². The molecule has 0 bridgehead atoms. The average Bonchev–Trinajstić information content (AvgIpc) is 3.13. The van der Waals surface area contributed by atoms with Crippen molar-refractivity contribution in [3.05, 3.63) is 59.4 Å².